The highest BCUT2D eigenvalue weighted by Crippen LogP contribution is 2.29. The number of benzene rings is 2. The lowest BCUT2D eigenvalue weighted by Gasteiger charge is -2.15. The highest BCUT2D eigenvalue weighted by atomic mass is 32.1. The van der Waals surface area contributed by atoms with Crippen molar-refractivity contribution in [3.63, 3.8) is 0 Å². The number of thiazole rings is 1. The molecule has 0 bridgehead atoms. The second-order valence-corrected chi connectivity index (χ2v) is 7.37. The number of carbonyl (C=O) groups excluding carboxylic acids is 1. The fourth-order valence-electron chi connectivity index (χ4n) is 3.22. The van der Waals surface area contributed by atoms with E-state index in [0.29, 0.717) is 6.42 Å². The molecule has 3 aromatic rings. The lowest BCUT2D eigenvalue weighted by Crippen LogP contribution is -2.23. The molecule has 1 aliphatic heterocycles. The van der Waals surface area contributed by atoms with E-state index in [1.807, 2.05) is 47.4 Å². The number of nitrogens with one attached hydrogen (secondary N) is 1. The van der Waals surface area contributed by atoms with Crippen LogP contribution in [0.15, 0.2) is 60.0 Å². The van der Waals surface area contributed by atoms with Crippen molar-refractivity contribution in [3.8, 4) is 11.3 Å². The lowest BCUT2D eigenvalue weighted by molar-refractivity contribution is -0.117. The number of nitrogens with zero attached hydrogens (tertiary/aromatic N) is 2. The molecule has 0 radical (unpaired) electrons. The van der Waals surface area contributed by atoms with E-state index in [1.54, 1.807) is 11.3 Å². The minimum absolute atomic E-state index is 0.207. The molecule has 0 unspecified atom stereocenters. The van der Waals surface area contributed by atoms with Crippen molar-refractivity contribution < 1.29 is 4.79 Å². The van der Waals surface area contributed by atoms with Crippen LogP contribution in [0.2, 0.25) is 0 Å². The fourth-order valence-corrected chi connectivity index (χ4v) is 4.02. The smallest absolute Gasteiger partial charge is 0.227 e. The van der Waals surface area contributed by atoms with Crippen molar-refractivity contribution in [1.29, 1.82) is 0 Å². The molecule has 4 nitrogen and oxygen atoms in total. The van der Waals surface area contributed by atoms with Crippen LogP contribution >= 0.6 is 11.3 Å². The quantitative estimate of drug-likeness (QED) is 0.685. The third kappa shape index (κ3) is 3.48. The topological polar surface area (TPSA) is 45.2 Å². The molecular formula is C21H21N3OS. The van der Waals surface area contributed by atoms with E-state index in [9.17, 15) is 4.79 Å². The van der Waals surface area contributed by atoms with Gasteiger partial charge in [0.2, 0.25) is 5.91 Å². The number of aromatic nitrogens is 1. The summed E-state index contributed by atoms with van der Waals surface area (Å²) in [6, 6.07) is 18.7. The maximum absolute atomic E-state index is 11.9. The van der Waals surface area contributed by atoms with Gasteiger partial charge in [0.25, 0.3) is 0 Å². The third-order valence-electron chi connectivity index (χ3n) is 4.69. The highest BCUT2D eigenvalue weighted by molar-refractivity contribution is 7.14. The van der Waals surface area contributed by atoms with Crippen LogP contribution in [0.3, 0.4) is 0 Å². The van der Waals surface area contributed by atoms with Crippen molar-refractivity contribution in [3.05, 3.63) is 65.5 Å². The SMILES string of the molecule is C[C@H](Nc1nc(-c2ccc(N3CCCC3=O)cc2)cs1)c1ccccc1. The number of anilines is 2. The van der Waals surface area contributed by atoms with E-state index in [1.165, 1.54) is 5.56 Å². The normalized spacial score (nSPS) is 15.3. The summed E-state index contributed by atoms with van der Waals surface area (Å²) in [6.45, 7) is 2.96. The lowest BCUT2D eigenvalue weighted by atomic mass is 10.1. The van der Waals surface area contributed by atoms with Gasteiger partial charge in [-0.2, -0.15) is 0 Å². The molecule has 1 saturated heterocycles. The van der Waals surface area contributed by atoms with Gasteiger partial charge in [0.1, 0.15) is 0 Å². The molecule has 2 aromatic carbocycles. The molecule has 132 valence electrons. The van der Waals surface area contributed by atoms with Gasteiger partial charge >= 0.3 is 0 Å². The monoisotopic (exact) mass is 363 g/mol. The number of hydrogen-bond donors (Lipinski definition) is 1. The number of carbonyl (C=O) groups is 1. The van der Waals surface area contributed by atoms with Crippen LogP contribution in [0.25, 0.3) is 11.3 Å². The van der Waals surface area contributed by atoms with Crippen LogP contribution in [0.5, 0.6) is 0 Å². The molecule has 2 heterocycles. The maximum Gasteiger partial charge on any atom is 0.227 e. The summed E-state index contributed by atoms with van der Waals surface area (Å²) >= 11 is 1.61. The molecule has 4 rings (SSSR count). The first-order chi connectivity index (χ1) is 12.7. The Labute approximate surface area is 157 Å². The van der Waals surface area contributed by atoms with E-state index in [0.717, 1.165) is 35.0 Å². The minimum atomic E-state index is 0.207. The van der Waals surface area contributed by atoms with Crippen LogP contribution < -0.4 is 10.2 Å². The third-order valence-corrected chi connectivity index (χ3v) is 5.47. The predicted octanol–water partition coefficient (Wildman–Crippen LogP) is 5.11. The Hall–Kier alpha value is -2.66. The molecule has 1 fully saturated rings. The van der Waals surface area contributed by atoms with Crippen molar-refractivity contribution in [2.45, 2.75) is 25.8 Å². The molecule has 1 N–H and O–H groups in total. The zero-order chi connectivity index (χ0) is 17.9. The predicted molar refractivity (Wildman–Crippen MR) is 108 cm³/mol. The highest BCUT2D eigenvalue weighted by Gasteiger charge is 2.21. The van der Waals surface area contributed by atoms with Crippen LogP contribution in [0, 0.1) is 0 Å². The van der Waals surface area contributed by atoms with Crippen LogP contribution in [0.4, 0.5) is 10.8 Å². The summed E-state index contributed by atoms with van der Waals surface area (Å²) in [5.41, 5.74) is 4.24. The number of hydrogen-bond acceptors (Lipinski definition) is 4. The average Bonchev–Trinajstić information content (AvgIpc) is 3.32. The van der Waals surface area contributed by atoms with E-state index in [2.05, 4.69) is 29.8 Å². The Balaban J connectivity index is 1.46. The molecule has 26 heavy (non-hydrogen) atoms. The molecule has 0 aliphatic carbocycles. The van der Waals surface area contributed by atoms with Gasteiger partial charge in [-0.3, -0.25) is 4.79 Å². The molecular weight excluding hydrogens is 342 g/mol. The van der Waals surface area contributed by atoms with Crippen molar-refractivity contribution in [1.82, 2.24) is 4.98 Å². The first-order valence-electron chi connectivity index (χ1n) is 8.88. The van der Waals surface area contributed by atoms with E-state index < -0.39 is 0 Å². The van der Waals surface area contributed by atoms with Crippen LogP contribution in [-0.4, -0.2) is 17.4 Å². The summed E-state index contributed by atoms with van der Waals surface area (Å²) in [4.78, 5) is 18.4. The molecule has 0 spiro atoms. The van der Waals surface area contributed by atoms with Crippen molar-refractivity contribution in [2.75, 3.05) is 16.8 Å². The van der Waals surface area contributed by atoms with E-state index in [-0.39, 0.29) is 11.9 Å². The minimum Gasteiger partial charge on any atom is -0.355 e. The summed E-state index contributed by atoms with van der Waals surface area (Å²) < 4.78 is 0. The molecule has 1 atom stereocenters. The van der Waals surface area contributed by atoms with Gasteiger partial charge in [-0.25, -0.2) is 4.98 Å². The Bertz CT molecular complexity index is 889. The maximum atomic E-state index is 11.9. The molecule has 1 aromatic heterocycles. The van der Waals surface area contributed by atoms with Gasteiger partial charge in [0.15, 0.2) is 5.13 Å². The molecule has 0 saturated carbocycles. The van der Waals surface area contributed by atoms with Gasteiger partial charge < -0.3 is 10.2 Å². The Morgan fingerprint density at radius 1 is 1.12 bits per heavy atom. The molecule has 1 aliphatic rings. The summed E-state index contributed by atoms with van der Waals surface area (Å²) in [7, 11) is 0. The zero-order valence-electron chi connectivity index (χ0n) is 14.7. The van der Waals surface area contributed by atoms with E-state index in [4.69, 9.17) is 4.98 Å². The van der Waals surface area contributed by atoms with Crippen LogP contribution in [-0.2, 0) is 4.79 Å². The first-order valence-corrected chi connectivity index (χ1v) is 9.76. The van der Waals surface area contributed by atoms with E-state index >= 15 is 0 Å². The van der Waals surface area contributed by atoms with Gasteiger partial charge in [0, 0.05) is 29.6 Å². The Kier molecular flexibility index (Phi) is 4.71. The summed E-state index contributed by atoms with van der Waals surface area (Å²) in [6.07, 6.45) is 1.60. The average molecular weight is 363 g/mol. The van der Waals surface area contributed by atoms with Crippen molar-refractivity contribution in [2.24, 2.45) is 0 Å². The fraction of sp³-hybridized carbons (Fsp3) is 0.238. The first kappa shape index (κ1) is 16.8. The zero-order valence-corrected chi connectivity index (χ0v) is 15.5. The van der Waals surface area contributed by atoms with Gasteiger partial charge in [-0.15, -0.1) is 11.3 Å². The largest absolute Gasteiger partial charge is 0.355 e. The number of amides is 1. The Morgan fingerprint density at radius 3 is 2.58 bits per heavy atom. The second kappa shape index (κ2) is 7.30. The van der Waals surface area contributed by atoms with Crippen LogP contribution in [0.1, 0.15) is 31.4 Å². The standard InChI is InChI=1S/C21H21N3OS/c1-15(16-6-3-2-4-7-16)22-21-23-19(14-26-21)17-9-11-18(12-10-17)24-13-5-8-20(24)25/h2-4,6-7,9-12,14-15H,5,8,13H2,1H3,(H,22,23)/t15-/m0/s1. The van der Waals surface area contributed by atoms with Gasteiger partial charge in [-0.1, -0.05) is 42.5 Å². The Morgan fingerprint density at radius 2 is 1.88 bits per heavy atom. The molecule has 1 amide bonds. The number of rotatable bonds is 5. The van der Waals surface area contributed by atoms with Crippen molar-refractivity contribution >= 4 is 28.1 Å². The molecule has 5 heteroatoms. The summed E-state index contributed by atoms with van der Waals surface area (Å²) in [5, 5.41) is 6.44. The second-order valence-electron chi connectivity index (χ2n) is 6.51. The van der Waals surface area contributed by atoms with Gasteiger partial charge in [0.05, 0.1) is 11.7 Å². The summed E-state index contributed by atoms with van der Waals surface area (Å²) in [5.74, 6) is 0.216. The van der Waals surface area contributed by atoms with Gasteiger partial charge in [-0.05, 0) is 31.0 Å².